The number of rotatable bonds is 7. The molecule has 2 N–H and O–H groups in total. The maximum Gasteiger partial charge on any atom is 0.303 e. The summed E-state index contributed by atoms with van der Waals surface area (Å²) in [5, 5.41) is 12.9. The van der Waals surface area contributed by atoms with Crippen molar-refractivity contribution < 1.29 is 14.7 Å². The Bertz CT molecular complexity index is 716. The van der Waals surface area contributed by atoms with E-state index in [9.17, 15) is 9.59 Å². The highest BCUT2D eigenvalue weighted by molar-refractivity contribution is 5.85. The second kappa shape index (κ2) is 6.86. The lowest BCUT2D eigenvalue weighted by molar-refractivity contribution is -0.137. The van der Waals surface area contributed by atoms with Crippen molar-refractivity contribution in [2.75, 3.05) is 0 Å². The SMILES string of the molecule is Cn1cc(CCC(=O)NC(C)(C)CCC(=O)O)c2ccccc21. The number of aromatic nitrogens is 1. The predicted molar refractivity (Wildman–Crippen MR) is 90.3 cm³/mol. The van der Waals surface area contributed by atoms with E-state index < -0.39 is 11.5 Å². The number of fused-ring (bicyclic) bond motifs is 1. The lowest BCUT2D eigenvalue weighted by Crippen LogP contribution is -2.43. The maximum absolute atomic E-state index is 12.2. The molecule has 2 rings (SSSR count). The minimum atomic E-state index is -0.844. The fraction of sp³-hybridized carbons (Fsp3) is 0.444. The van der Waals surface area contributed by atoms with Crippen molar-refractivity contribution in [3.63, 3.8) is 0 Å². The number of hydrogen-bond donors (Lipinski definition) is 2. The van der Waals surface area contributed by atoms with Gasteiger partial charge in [0.2, 0.25) is 5.91 Å². The third-order valence-corrected chi connectivity index (χ3v) is 4.04. The van der Waals surface area contributed by atoms with Gasteiger partial charge < -0.3 is 15.0 Å². The predicted octanol–water partition coefficient (Wildman–Crippen LogP) is 2.87. The van der Waals surface area contributed by atoms with Gasteiger partial charge in [-0.2, -0.15) is 0 Å². The van der Waals surface area contributed by atoms with Gasteiger partial charge >= 0.3 is 5.97 Å². The maximum atomic E-state index is 12.2. The summed E-state index contributed by atoms with van der Waals surface area (Å²) in [6, 6.07) is 8.14. The van der Waals surface area contributed by atoms with Gasteiger partial charge in [-0.3, -0.25) is 9.59 Å². The molecule has 0 aliphatic rings. The molecule has 2 aromatic rings. The lowest BCUT2D eigenvalue weighted by atomic mass is 9.98. The second-order valence-corrected chi connectivity index (χ2v) is 6.61. The van der Waals surface area contributed by atoms with Gasteiger partial charge in [0.05, 0.1) is 0 Å². The van der Waals surface area contributed by atoms with Crippen LogP contribution in [0.25, 0.3) is 10.9 Å². The number of para-hydroxylation sites is 1. The van der Waals surface area contributed by atoms with Crippen LogP contribution >= 0.6 is 0 Å². The molecular weight excluding hydrogens is 292 g/mol. The van der Waals surface area contributed by atoms with Crippen LogP contribution < -0.4 is 5.32 Å². The van der Waals surface area contributed by atoms with Crippen molar-refractivity contribution in [3.8, 4) is 0 Å². The van der Waals surface area contributed by atoms with Gasteiger partial charge in [0.25, 0.3) is 0 Å². The van der Waals surface area contributed by atoms with E-state index >= 15 is 0 Å². The smallest absolute Gasteiger partial charge is 0.303 e. The van der Waals surface area contributed by atoms with E-state index in [1.807, 2.05) is 33.0 Å². The van der Waals surface area contributed by atoms with Gasteiger partial charge in [0.1, 0.15) is 0 Å². The molecule has 5 nitrogen and oxygen atoms in total. The molecule has 0 spiro atoms. The Hall–Kier alpha value is -2.30. The molecule has 1 aromatic carbocycles. The van der Waals surface area contributed by atoms with E-state index in [4.69, 9.17) is 5.11 Å². The summed E-state index contributed by atoms with van der Waals surface area (Å²) < 4.78 is 2.07. The Morgan fingerprint density at radius 3 is 2.61 bits per heavy atom. The number of hydrogen-bond acceptors (Lipinski definition) is 2. The number of benzene rings is 1. The summed E-state index contributed by atoms with van der Waals surface area (Å²) in [7, 11) is 2.00. The van der Waals surface area contributed by atoms with E-state index in [2.05, 4.69) is 28.2 Å². The number of amides is 1. The molecule has 5 heteroatoms. The van der Waals surface area contributed by atoms with Crippen LogP contribution in [0.15, 0.2) is 30.5 Å². The number of carboxylic acid groups (broad SMARTS) is 1. The van der Waals surface area contributed by atoms with Crippen molar-refractivity contribution in [2.45, 2.75) is 45.1 Å². The van der Waals surface area contributed by atoms with Crippen LogP contribution in [0.1, 0.15) is 38.7 Å². The lowest BCUT2D eigenvalue weighted by Gasteiger charge is -2.25. The third kappa shape index (κ3) is 4.58. The number of aliphatic carboxylic acids is 1. The highest BCUT2D eigenvalue weighted by Gasteiger charge is 2.21. The average molecular weight is 316 g/mol. The topological polar surface area (TPSA) is 71.3 Å². The number of carbonyl (C=O) groups excluding carboxylic acids is 1. The minimum absolute atomic E-state index is 0.0478. The molecule has 1 heterocycles. The van der Waals surface area contributed by atoms with Crippen molar-refractivity contribution in [3.05, 3.63) is 36.0 Å². The summed E-state index contributed by atoms with van der Waals surface area (Å²) in [6.07, 6.45) is 3.60. The normalized spacial score (nSPS) is 11.6. The number of nitrogens with one attached hydrogen (secondary N) is 1. The van der Waals surface area contributed by atoms with Gasteiger partial charge in [0, 0.05) is 42.5 Å². The zero-order valence-corrected chi connectivity index (χ0v) is 13.9. The zero-order valence-electron chi connectivity index (χ0n) is 13.9. The first-order valence-electron chi connectivity index (χ1n) is 7.84. The molecule has 0 aliphatic carbocycles. The molecule has 0 unspecified atom stereocenters. The van der Waals surface area contributed by atoms with E-state index in [1.165, 1.54) is 5.39 Å². The highest BCUT2D eigenvalue weighted by Crippen LogP contribution is 2.21. The first-order chi connectivity index (χ1) is 10.8. The van der Waals surface area contributed by atoms with Gasteiger partial charge in [0.15, 0.2) is 0 Å². The standard InChI is InChI=1S/C18H24N2O3/c1-18(2,11-10-17(22)23)19-16(21)9-8-13-12-20(3)15-7-5-4-6-14(13)15/h4-7,12H,8-11H2,1-3H3,(H,19,21)(H,22,23). The number of aryl methyl sites for hydroxylation is 2. The summed E-state index contributed by atoms with van der Waals surface area (Å²) >= 11 is 0. The van der Waals surface area contributed by atoms with Crippen LogP contribution in [-0.2, 0) is 23.1 Å². The molecule has 1 aromatic heterocycles. The molecule has 0 fully saturated rings. The highest BCUT2D eigenvalue weighted by atomic mass is 16.4. The largest absolute Gasteiger partial charge is 0.481 e. The van der Waals surface area contributed by atoms with E-state index in [1.54, 1.807) is 0 Å². The Balaban J connectivity index is 1.94. The zero-order chi connectivity index (χ0) is 17.0. The fourth-order valence-electron chi connectivity index (χ4n) is 2.79. The number of carbonyl (C=O) groups is 2. The number of carboxylic acids is 1. The van der Waals surface area contributed by atoms with Crippen molar-refractivity contribution in [1.82, 2.24) is 9.88 Å². The average Bonchev–Trinajstić information content (AvgIpc) is 2.80. The Morgan fingerprint density at radius 2 is 1.91 bits per heavy atom. The third-order valence-electron chi connectivity index (χ3n) is 4.04. The Kier molecular flexibility index (Phi) is 5.08. The summed E-state index contributed by atoms with van der Waals surface area (Å²) in [4.78, 5) is 22.8. The van der Waals surface area contributed by atoms with E-state index in [-0.39, 0.29) is 12.3 Å². The van der Waals surface area contributed by atoms with Crippen LogP contribution in [0.2, 0.25) is 0 Å². The molecule has 0 radical (unpaired) electrons. The van der Waals surface area contributed by atoms with Gasteiger partial charge in [-0.05, 0) is 38.3 Å². The van der Waals surface area contributed by atoms with Crippen LogP contribution in [0.3, 0.4) is 0 Å². The molecule has 124 valence electrons. The molecule has 23 heavy (non-hydrogen) atoms. The van der Waals surface area contributed by atoms with E-state index in [0.717, 1.165) is 11.1 Å². The first-order valence-corrected chi connectivity index (χ1v) is 7.84. The summed E-state index contributed by atoms with van der Waals surface area (Å²) in [6.45, 7) is 3.71. The van der Waals surface area contributed by atoms with Gasteiger partial charge in [-0.15, -0.1) is 0 Å². The Morgan fingerprint density at radius 1 is 1.22 bits per heavy atom. The molecule has 1 amide bonds. The number of nitrogens with zero attached hydrogens (tertiary/aromatic N) is 1. The van der Waals surface area contributed by atoms with Crippen molar-refractivity contribution >= 4 is 22.8 Å². The monoisotopic (exact) mass is 316 g/mol. The van der Waals surface area contributed by atoms with Crippen LogP contribution in [0.5, 0.6) is 0 Å². The van der Waals surface area contributed by atoms with Crippen LogP contribution in [0, 0.1) is 0 Å². The Labute approximate surface area is 136 Å². The quantitative estimate of drug-likeness (QED) is 0.825. The van der Waals surface area contributed by atoms with Crippen LogP contribution in [0.4, 0.5) is 0 Å². The minimum Gasteiger partial charge on any atom is -0.481 e. The van der Waals surface area contributed by atoms with E-state index in [0.29, 0.717) is 19.3 Å². The molecule has 0 bridgehead atoms. The van der Waals surface area contributed by atoms with Crippen molar-refractivity contribution in [2.24, 2.45) is 7.05 Å². The summed E-state index contributed by atoms with van der Waals surface area (Å²) in [5.74, 6) is -0.892. The van der Waals surface area contributed by atoms with Crippen molar-refractivity contribution in [1.29, 1.82) is 0 Å². The second-order valence-electron chi connectivity index (χ2n) is 6.61. The molecule has 0 atom stereocenters. The molecular formula is C18H24N2O3. The molecule has 0 aliphatic heterocycles. The first kappa shape index (κ1) is 17.1. The van der Waals surface area contributed by atoms with Gasteiger partial charge in [-0.25, -0.2) is 0 Å². The van der Waals surface area contributed by atoms with Gasteiger partial charge in [-0.1, -0.05) is 18.2 Å². The fourth-order valence-corrected chi connectivity index (χ4v) is 2.79. The summed E-state index contributed by atoms with van der Waals surface area (Å²) in [5.41, 5.74) is 1.81. The van der Waals surface area contributed by atoms with Crippen LogP contribution in [-0.4, -0.2) is 27.1 Å². The molecule has 0 saturated carbocycles. The molecule has 0 saturated heterocycles.